The van der Waals surface area contributed by atoms with E-state index in [1.54, 1.807) is 6.08 Å². The van der Waals surface area contributed by atoms with E-state index in [9.17, 15) is 19.8 Å². The van der Waals surface area contributed by atoms with E-state index >= 15 is 0 Å². The van der Waals surface area contributed by atoms with Crippen LogP contribution in [-0.4, -0.2) is 47.4 Å². The second-order valence-electron chi connectivity index (χ2n) is 17.2. The number of carbonyl (C=O) groups is 2. The molecule has 0 aromatic heterocycles. The van der Waals surface area contributed by atoms with Gasteiger partial charge in [-0.15, -0.1) is 0 Å². The summed E-state index contributed by atoms with van der Waals surface area (Å²) in [6.07, 6.45) is 52.0. The molecule has 0 rings (SSSR count). The molecule has 0 aliphatic rings. The number of rotatable bonds is 46. The van der Waals surface area contributed by atoms with Crippen LogP contribution in [0.25, 0.3) is 0 Å². The van der Waals surface area contributed by atoms with E-state index in [1.165, 1.54) is 199 Å². The highest BCUT2D eigenvalue weighted by atomic mass is 16.5. The molecule has 2 atom stereocenters. The van der Waals surface area contributed by atoms with Crippen molar-refractivity contribution in [3.8, 4) is 0 Å². The maximum Gasteiger partial charge on any atom is 0.305 e. The van der Waals surface area contributed by atoms with Crippen molar-refractivity contribution in [2.24, 2.45) is 0 Å². The zero-order valence-corrected chi connectivity index (χ0v) is 37.6. The summed E-state index contributed by atoms with van der Waals surface area (Å²) >= 11 is 0. The van der Waals surface area contributed by atoms with Crippen molar-refractivity contribution in [3.05, 3.63) is 12.2 Å². The lowest BCUT2D eigenvalue weighted by Crippen LogP contribution is -2.45. The largest absolute Gasteiger partial charge is 0.466 e. The van der Waals surface area contributed by atoms with Gasteiger partial charge in [-0.3, -0.25) is 9.59 Å². The second-order valence-corrected chi connectivity index (χ2v) is 17.2. The Bertz CT molecular complexity index is 832. The van der Waals surface area contributed by atoms with Gasteiger partial charge in [-0.25, -0.2) is 0 Å². The van der Waals surface area contributed by atoms with Crippen molar-refractivity contribution in [3.63, 3.8) is 0 Å². The molecule has 0 fully saturated rings. The number of aliphatic hydroxyl groups excluding tert-OH is 2. The van der Waals surface area contributed by atoms with Crippen LogP contribution in [0.4, 0.5) is 0 Å². The minimum atomic E-state index is -0.846. The minimum Gasteiger partial charge on any atom is -0.466 e. The number of unbranched alkanes of at least 4 members (excludes halogenated alkanes) is 35. The summed E-state index contributed by atoms with van der Waals surface area (Å²) in [6, 6.07) is -0.630. The molecule has 3 N–H and O–H groups in total. The third-order valence-electron chi connectivity index (χ3n) is 11.6. The molecule has 56 heavy (non-hydrogen) atoms. The predicted octanol–water partition coefficient (Wildman–Crippen LogP) is 14.6. The normalized spacial score (nSPS) is 12.7. The SMILES string of the molecule is CCCCCCCCCCCC/C=C/C(O)C(CO)NC(=O)CCCCCCCCCCCCCCCCCCOC(=O)CCCCCCCCCCCCC. The van der Waals surface area contributed by atoms with Gasteiger partial charge >= 0.3 is 5.97 Å². The molecule has 0 radical (unpaired) electrons. The summed E-state index contributed by atoms with van der Waals surface area (Å²) in [6.45, 7) is 4.88. The number of esters is 1. The van der Waals surface area contributed by atoms with Crippen LogP contribution in [0, 0.1) is 0 Å². The molecule has 0 aliphatic carbocycles. The molecular weight excluding hydrogens is 695 g/mol. The Kier molecular flexibility index (Phi) is 45.1. The molecule has 0 spiro atoms. The Morgan fingerprint density at radius 1 is 0.482 bits per heavy atom. The molecule has 0 saturated heterocycles. The quantitative estimate of drug-likeness (QED) is 0.0324. The number of carbonyl (C=O) groups excluding carboxylic acids is 2. The molecule has 0 aliphatic heterocycles. The zero-order valence-electron chi connectivity index (χ0n) is 37.6. The van der Waals surface area contributed by atoms with Crippen molar-refractivity contribution in [2.75, 3.05) is 13.2 Å². The van der Waals surface area contributed by atoms with E-state index in [1.807, 2.05) is 6.08 Å². The fraction of sp³-hybridized carbons (Fsp3) is 0.920. The van der Waals surface area contributed by atoms with Gasteiger partial charge in [0.2, 0.25) is 5.91 Å². The summed E-state index contributed by atoms with van der Waals surface area (Å²) < 4.78 is 5.45. The molecule has 0 saturated carbocycles. The van der Waals surface area contributed by atoms with E-state index < -0.39 is 12.1 Å². The maximum absolute atomic E-state index is 12.4. The third kappa shape index (κ3) is 42.2. The highest BCUT2D eigenvalue weighted by Gasteiger charge is 2.18. The molecule has 0 aromatic rings. The van der Waals surface area contributed by atoms with Crippen LogP contribution in [0.2, 0.25) is 0 Å². The van der Waals surface area contributed by atoms with E-state index in [0.29, 0.717) is 19.4 Å². The summed E-state index contributed by atoms with van der Waals surface area (Å²) in [5, 5.41) is 23.0. The number of nitrogens with one attached hydrogen (secondary N) is 1. The van der Waals surface area contributed by atoms with Gasteiger partial charge in [0, 0.05) is 12.8 Å². The number of allylic oxidation sites excluding steroid dienone is 1. The van der Waals surface area contributed by atoms with Crippen molar-refractivity contribution in [2.45, 2.75) is 283 Å². The van der Waals surface area contributed by atoms with Gasteiger partial charge in [-0.1, -0.05) is 238 Å². The average Bonchev–Trinajstić information content (AvgIpc) is 3.20. The summed E-state index contributed by atoms with van der Waals surface area (Å²) in [7, 11) is 0. The summed E-state index contributed by atoms with van der Waals surface area (Å²) in [5.74, 6) is -0.0735. The number of amides is 1. The van der Waals surface area contributed by atoms with Crippen molar-refractivity contribution in [1.82, 2.24) is 5.32 Å². The smallest absolute Gasteiger partial charge is 0.305 e. The molecule has 0 bridgehead atoms. The first-order valence-corrected chi connectivity index (χ1v) is 25.0. The maximum atomic E-state index is 12.4. The molecule has 2 unspecified atom stereocenters. The van der Waals surface area contributed by atoms with Crippen LogP contribution >= 0.6 is 0 Å². The first kappa shape index (κ1) is 54.6. The number of hydrogen-bond donors (Lipinski definition) is 3. The average molecular weight is 792 g/mol. The van der Waals surface area contributed by atoms with Gasteiger partial charge in [-0.2, -0.15) is 0 Å². The van der Waals surface area contributed by atoms with Crippen LogP contribution in [0.15, 0.2) is 12.2 Å². The van der Waals surface area contributed by atoms with Crippen LogP contribution < -0.4 is 5.32 Å². The highest BCUT2D eigenvalue weighted by molar-refractivity contribution is 5.76. The van der Waals surface area contributed by atoms with Gasteiger partial charge < -0.3 is 20.3 Å². The van der Waals surface area contributed by atoms with Crippen molar-refractivity contribution >= 4 is 11.9 Å². The van der Waals surface area contributed by atoms with Gasteiger partial charge in [-0.05, 0) is 32.1 Å². The Morgan fingerprint density at radius 2 is 0.821 bits per heavy atom. The van der Waals surface area contributed by atoms with E-state index in [-0.39, 0.29) is 18.5 Å². The Balaban J connectivity index is 3.45. The van der Waals surface area contributed by atoms with Crippen LogP contribution in [0.5, 0.6) is 0 Å². The van der Waals surface area contributed by atoms with Crippen LogP contribution in [-0.2, 0) is 14.3 Å². The van der Waals surface area contributed by atoms with Gasteiger partial charge in [0.1, 0.15) is 0 Å². The first-order chi connectivity index (χ1) is 27.5. The van der Waals surface area contributed by atoms with Gasteiger partial charge in [0.25, 0.3) is 0 Å². The number of aliphatic hydroxyl groups is 2. The van der Waals surface area contributed by atoms with Crippen molar-refractivity contribution < 1.29 is 24.5 Å². The monoisotopic (exact) mass is 792 g/mol. The van der Waals surface area contributed by atoms with Crippen LogP contribution in [0.1, 0.15) is 271 Å². The van der Waals surface area contributed by atoms with Crippen molar-refractivity contribution in [1.29, 1.82) is 0 Å². The molecule has 0 aromatic carbocycles. The van der Waals surface area contributed by atoms with Gasteiger partial charge in [0.05, 0.1) is 25.4 Å². The predicted molar refractivity (Wildman–Crippen MR) is 241 cm³/mol. The first-order valence-electron chi connectivity index (χ1n) is 25.0. The standard InChI is InChI=1S/C50H97NO5/c1-3-5-7-9-11-13-15-23-26-30-34-38-42-48(53)47(46-52)51-49(54)43-39-35-31-27-24-20-18-16-17-19-21-25-29-33-37-41-45-56-50(55)44-40-36-32-28-22-14-12-10-8-6-4-2/h38,42,47-48,52-53H,3-37,39-41,43-46H2,1-2H3,(H,51,54)/b42-38+. The molecule has 1 amide bonds. The molecular formula is C50H97NO5. The lowest BCUT2D eigenvalue weighted by Gasteiger charge is -2.20. The molecule has 6 nitrogen and oxygen atoms in total. The topological polar surface area (TPSA) is 95.9 Å². The van der Waals surface area contributed by atoms with Gasteiger partial charge in [0.15, 0.2) is 0 Å². The van der Waals surface area contributed by atoms with Crippen LogP contribution in [0.3, 0.4) is 0 Å². The summed E-state index contributed by atoms with van der Waals surface area (Å²) in [4.78, 5) is 24.4. The Morgan fingerprint density at radius 3 is 1.21 bits per heavy atom. The molecule has 332 valence electrons. The van der Waals surface area contributed by atoms with E-state index in [2.05, 4.69) is 19.2 Å². The summed E-state index contributed by atoms with van der Waals surface area (Å²) in [5.41, 5.74) is 0. The lowest BCUT2D eigenvalue weighted by atomic mass is 10.0. The van der Waals surface area contributed by atoms with E-state index in [0.717, 1.165) is 44.9 Å². The zero-order chi connectivity index (χ0) is 40.8. The van der Waals surface area contributed by atoms with E-state index in [4.69, 9.17) is 4.74 Å². The fourth-order valence-corrected chi connectivity index (χ4v) is 7.69. The third-order valence-corrected chi connectivity index (χ3v) is 11.6. The number of ether oxygens (including phenoxy) is 1. The lowest BCUT2D eigenvalue weighted by molar-refractivity contribution is -0.143. The Hall–Kier alpha value is -1.40. The fourth-order valence-electron chi connectivity index (χ4n) is 7.69. The number of hydrogen-bond acceptors (Lipinski definition) is 5. The Labute approximate surface area is 349 Å². The molecule has 0 heterocycles. The molecule has 6 heteroatoms. The minimum absolute atomic E-state index is 0.00162. The highest BCUT2D eigenvalue weighted by Crippen LogP contribution is 2.16. The second kappa shape index (κ2) is 46.3.